The summed E-state index contributed by atoms with van der Waals surface area (Å²) in [5, 5.41) is 9.40. The summed E-state index contributed by atoms with van der Waals surface area (Å²) in [5.41, 5.74) is 3.47. The minimum absolute atomic E-state index is 0.0977. The van der Waals surface area contributed by atoms with Gasteiger partial charge in [-0.1, -0.05) is 11.6 Å². The van der Waals surface area contributed by atoms with Crippen LogP contribution in [0, 0.1) is 6.92 Å². The van der Waals surface area contributed by atoms with Crippen molar-refractivity contribution < 1.29 is 4.79 Å². The standard InChI is InChI=1S/C14H18N4O/c1-10-3-4-12-11(9-10)13(14(19)15-12)16-18-7-5-17(2)6-8-18/h3-4,9H,5-8H2,1-2H3,(H,15,16,19). The number of hydrogen-bond acceptors (Lipinski definition) is 4. The SMILES string of the molecule is Cc1ccc2c(c1)/C(=N\N1CCN(C)CC1)C(=O)N2. The molecule has 1 saturated heterocycles. The molecule has 0 aromatic heterocycles. The Morgan fingerprint density at radius 1 is 1.21 bits per heavy atom. The van der Waals surface area contributed by atoms with Gasteiger partial charge in [-0.3, -0.25) is 9.80 Å². The van der Waals surface area contributed by atoms with Crippen molar-refractivity contribution in [3.8, 4) is 0 Å². The second-order valence-electron chi connectivity index (χ2n) is 5.21. The van der Waals surface area contributed by atoms with Crippen molar-refractivity contribution in [3.63, 3.8) is 0 Å². The Morgan fingerprint density at radius 3 is 2.68 bits per heavy atom. The number of amides is 1. The van der Waals surface area contributed by atoms with E-state index < -0.39 is 0 Å². The van der Waals surface area contributed by atoms with E-state index in [1.165, 1.54) is 0 Å². The Hall–Kier alpha value is -1.88. The zero-order valence-corrected chi connectivity index (χ0v) is 11.3. The maximum atomic E-state index is 12.0. The highest BCUT2D eigenvalue weighted by Crippen LogP contribution is 2.24. The number of piperazine rings is 1. The van der Waals surface area contributed by atoms with Crippen LogP contribution >= 0.6 is 0 Å². The highest BCUT2D eigenvalue weighted by Gasteiger charge is 2.27. The van der Waals surface area contributed by atoms with Gasteiger partial charge in [-0.05, 0) is 26.1 Å². The fraction of sp³-hybridized carbons (Fsp3) is 0.429. The molecule has 0 unspecified atom stereocenters. The van der Waals surface area contributed by atoms with Crippen molar-refractivity contribution in [2.24, 2.45) is 5.10 Å². The number of hydrazone groups is 1. The monoisotopic (exact) mass is 258 g/mol. The molecule has 1 aromatic carbocycles. The van der Waals surface area contributed by atoms with Gasteiger partial charge in [-0.25, -0.2) is 0 Å². The van der Waals surface area contributed by atoms with E-state index in [0.717, 1.165) is 43.0 Å². The zero-order chi connectivity index (χ0) is 13.4. The molecule has 5 nitrogen and oxygen atoms in total. The fourth-order valence-electron chi connectivity index (χ4n) is 2.40. The van der Waals surface area contributed by atoms with Crippen LogP contribution in [0.3, 0.4) is 0 Å². The average Bonchev–Trinajstić information content (AvgIpc) is 2.69. The van der Waals surface area contributed by atoms with Gasteiger partial charge in [0.15, 0.2) is 5.71 Å². The number of nitrogens with one attached hydrogen (secondary N) is 1. The molecule has 0 atom stereocenters. The second-order valence-corrected chi connectivity index (χ2v) is 5.21. The van der Waals surface area contributed by atoms with Crippen molar-refractivity contribution in [2.45, 2.75) is 6.92 Å². The lowest BCUT2D eigenvalue weighted by Gasteiger charge is -2.30. The smallest absolute Gasteiger partial charge is 0.276 e. The van der Waals surface area contributed by atoms with Gasteiger partial charge in [0.25, 0.3) is 5.91 Å². The molecule has 2 aliphatic heterocycles. The molecule has 1 amide bonds. The van der Waals surface area contributed by atoms with Crippen molar-refractivity contribution >= 4 is 17.3 Å². The molecule has 0 radical (unpaired) electrons. The average molecular weight is 258 g/mol. The summed E-state index contributed by atoms with van der Waals surface area (Å²) in [5.74, 6) is -0.0977. The number of carbonyl (C=O) groups excluding carboxylic acids is 1. The number of carbonyl (C=O) groups is 1. The van der Waals surface area contributed by atoms with Gasteiger partial charge in [0.1, 0.15) is 0 Å². The molecule has 5 heteroatoms. The van der Waals surface area contributed by atoms with Crippen LogP contribution in [0.25, 0.3) is 0 Å². The molecule has 1 N–H and O–H groups in total. The largest absolute Gasteiger partial charge is 0.320 e. The Balaban J connectivity index is 1.89. The predicted molar refractivity (Wildman–Crippen MR) is 75.4 cm³/mol. The maximum Gasteiger partial charge on any atom is 0.276 e. The molecular formula is C14H18N4O. The minimum Gasteiger partial charge on any atom is -0.320 e. The molecule has 2 heterocycles. The van der Waals surface area contributed by atoms with E-state index in [1.807, 2.05) is 30.1 Å². The topological polar surface area (TPSA) is 47.9 Å². The lowest BCUT2D eigenvalue weighted by atomic mass is 10.1. The lowest BCUT2D eigenvalue weighted by molar-refractivity contribution is -0.110. The van der Waals surface area contributed by atoms with Gasteiger partial charge in [-0.2, -0.15) is 5.10 Å². The third kappa shape index (κ3) is 2.33. The highest BCUT2D eigenvalue weighted by atomic mass is 16.2. The summed E-state index contributed by atoms with van der Waals surface area (Å²) in [6, 6.07) is 5.95. The summed E-state index contributed by atoms with van der Waals surface area (Å²) in [6.45, 7) is 5.73. The van der Waals surface area contributed by atoms with Gasteiger partial charge in [0.05, 0.1) is 5.69 Å². The summed E-state index contributed by atoms with van der Waals surface area (Å²) in [7, 11) is 2.10. The van der Waals surface area contributed by atoms with Crippen LogP contribution in [0.5, 0.6) is 0 Å². The van der Waals surface area contributed by atoms with Gasteiger partial charge in [0.2, 0.25) is 0 Å². The summed E-state index contributed by atoms with van der Waals surface area (Å²) in [4.78, 5) is 14.3. The Morgan fingerprint density at radius 2 is 1.95 bits per heavy atom. The van der Waals surface area contributed by atoms with E-state index in [2.05, 4.69) is 22.4 Å². The van der Waals surface area contributed by atoms with Crippen LogP contribution in [0.2, 0.25) is 0 Å². The van der Waals surface area contributed by atoms with E-state index in [-0.39, 0.29) is 5.91 Å². The summed E-state index contributed by atoms with van der Waals surface area (Å²) < 4.78 is 0. The van der Waals surface area contributed by atoms with Gasteiger partial charge in [0, 0.05) is 31.7 Å². The molecular weight excluding hydrogens is 240 g/mol. The predicted octanol–water partition coefficient (Wildman–Crippen LogP) is 0.899. The molecule has 0 aliphatic carbocycles. The van der Waals surface area contributed by atoms with E-state index >= 15 is 0 Å². The van der Waals surface area contributed by atoms with Crippen LogP contribution in [-0.4, -0.2) is 54.8 Å². The third-order valence-electron chi connectivity index (χ3n) is 3.61. The Kier molecular flexibility index (Phi) is 2.98. The number of benzene rings is 1. The van der Waals surface area contributed by atoms with Crippen LogP contribution in [-0.2, 0) is 4.79 Å². The number of anilines is 1. The molecule has 0 saturated carbocycles. The van der Waals surface area contributed by atoms with Crippen LogP contribution in [0.4, 0.5) is 5.69 Å². The number of aryl methyl sites for hydroxylation is 1. The Bertz CT molecular complexity index is 544. The zero-order valence-electron chi connectivity index (χ0n) is 11.3. The van der Waals surface area contributed by atoms with Gasteiger partial charge in [-0.15, -0.1) is 0 Å². The summed E-state index contributed by atoms with van der Waals surface area (Å²) in [6.07, 6.45) is 0. The van der Waals surface area contributed by atoms with Crippen LogP contribution in [0.1, 0.15) is 11.1 Å². The van der Waals surface area contributed by atoms with E-state index in [0.29, 0.717) is 5.71 Å². The number of likely N-dealkylation sites (N-methyl/N-ethyl adjacent to an activating group) is 1. The first-order valence-corrected chi connectivity index (χ1v) is 6.58. The molecule has 1 aromatic rings. The van der Waals surface area contributed by atoms with E-state index in [9.17, 15) is 4.79 Å². The van der Waals surface area contributed by atoms with Crippen molar-refractivity contribution in [1.82, 2.24) is 9.91 Å². The first-order valence-electron chi connectivity index (χ1n) is 6.58. The fourth-order valence-corrected chi connectivity index (χ4v) is 2.40. The molecule has 3 rings (SSSR count). The van der Waals surface area contributed by atoms with E-state index in [4.69, 9.17) is 0 Å². The van der Waals surface area contributed by atoms with E-state index in [1.54, 1.807) is 0 Å². The molecule has 0 spiro atoms. The molecule has 1 fully saturated rings. The first-order chi connectivity index (χ1) is 9.13. The first kappa shape index (κ1) is 12.2. The third-order valence-corrected chi connectivity index (χ3v) is 3.61. The second kappa shape index (κ2) is 4.66. The van der Waals surface area contributed by atoms with Crippen molar-refractivity contribution in [2.75, 3.05) is 38.5 Å². The number of rotatable bonds is 1. The Labute approximate surface area is 112 Å². The quantitative estimate of drug-likeness (QED) is 0.814. The number of fused-ring (bicyclic) bond motifs is 1. The number of nitrogens with zero attached hydrogens (tertiary/aromatic N) is 3. The minimum atomic E-state index is -0.0977. The van der Waals surface area contributed by atoms with Crippen LogP contribution < -0.4 is 5.32 Å². The molecule has 0 bridgehead atoms. The molecule has 100 valence electrons. The number of hydrogen-bond donors (Lipinski definition) is 1. The van der Waals surface area contributed by atoms with Crippen LogP contribution in [0.15, 0.2) is 23.3 Å². The molecule has 2 aliphatic rings. The van der Waals surface area contributed by atoms with Crippen molar-refractivity contribution in [3.05, 3.63) is 29.3 Å². The normalized spacial score (nSPS) is 21.7. The van der Waals surface area contributed by atoms with Crippen molar-refractivity contribution in [1.29, 1.82) is 0 Å². The van der Waals surface area contributed by atoms with Gasteiger partial charge >= 0.3 is 0 Å². The van der Waals surface area contributed by atoms with Gasteiger partial charge < -0.3 is 10.2 Å². The molecule has 19 heavy (non-hydrogen) atoms. The lowest BCUT2D eigenvalue weighted by Crippen LogP contribution is -2.42. The highest BCUT2D eigenvalue weighted by molar-refractivity contribution is 6.53. The summed E-state index contributed by atoms with van der Waals surface area (Å²) >= 11 is 0. The maximum absolute atomic E-state index is 12.0.